The van der Waals surface area contributed by atoms with Crippen LogP contribution in [0.25, 0.3) is 0 Å². The largest absolute Gasteiger partial charge is 0.333 e. The number of piperazine rings is 1. The van der Waals surface area contributed by atoms with Crippen LogP contribution in [-0.2, 0) is 14.4 Å². The molecule has 0 aromatic heterocycles. The van der Waals surface area contributed by atoms with Crippen molar-refractivity contribution in [2.45, 2.75) is 26.3 Å². The highest BCUT2D eigenvalue weighted by Gasteiger charge is 2.37. The predicted molar refractivity (Wildman–Crippen MR) is 60.4 cm³/mol. The van der Waals surface area contributed by atoms with Crippen LogP contribution in [0.4, 0.5) is 0 Å². The fraction of sp³-hybridized carbons (Fsp3) is 0.700. The van der Waals surface area contributed by atoms with Crippen LogP contribution in [0.15, 0.2) is 0 Å². The summed E-state index contributed by atoms with van der Waals surface area (Å²) in [7, 11) is 0. The lowest BCUT2D eigenvalue weighted by molar-refractivity contribution is -0.159. The molecule has 1 fully saturated rings. The van der Waals surface area contributed by atoms with E-state index in [4.69, 9.17) is 5.84 Å². The van der Waals surface area contributed by atoms with E-state index in [1.54, 1.807) is 6.92 Å². The molecule has 1 unspecified atom stereocenters. The quantitative estimate of drug-likeness (QED) is 0.270. The second-order valence-corrected chi connectivity index (χ2v) is 3.82. The normalized spacial score (nSPS) is 18.3. The molecule has 1 heterocycles. The SMILES string of the molecule is CCC(C(=O)NN)N1CCN(CC)C(=O)C1=O. The van der Waals surface area contributed by atoms with Gasteiger partial charge in [-0.15, -0.1) is 0 Å². The Bertz CT molecular complexity index is 332. The second-order valence-electron chi connectivity index (χ2n) is 3.82. The van der Waals surface area contributed by atoms with Gasteiger partial charge in [-0.25, -0.2) is 5.84 Å². The molecule has 0 radical (unpaired) electrons. The van der Waals surface area contributed by atoms with Gasteiger partial charge < -0.3 is 9.80 Å². The van der Waals surface area contributed by atoms with Crippen molar-refractivity contribution in [3.63, 3.8) is 0 Å². The average molecular weight is 242 g/mol. The number of carbonyl (C=O) groups is 3. The number of nitrogens with one attached hydrogen (secondary N) is 1. The van der Waals surface area contributed by atoms with Gasteiger partial charge in [-0.2, -0.15) is 0 Å². The lowest BCUT2D eigenvalue weighted by atomic mass is 10.1. The maximum atomic E-state index is 11.8. The maximum absolute atomic E-state index is 11.8. The zero-order valence-electron chi connectivity index (χ0n) is 10.1. The summed E-state index contributed by atoms with van der Waals surface area (Å²) < 4.78 is 0. The summed E-state index contributed by atoms with van der Waals surface area (Å²) in [6.07, 6.45) is 0.425. The van der Waals surface area contributed by atoms with Gasteiger partial charge >= 0.3 is 11.8 Å². The van der Waals surface area contributed by atoms with Gasteiger partial charge in [0.1, 0.15) is 6.04 Å². The average Bonchev–Trinajstić information content (AvgIpc) is 2.35. The van der Waals surface area contributed by atoms with Crippen LogP contribution in [0.5, 0.6) is 0 Å². The number of hydrogen-bond acceptors (Lipinski definition) is 4. The molecule has 96 valence electrons. The minimum atomic E-state index is -0.671. The van der Waals surface area contributed by atoms with Crippen LogP contribution < -0.4 is 11.3 Å². The fourth-order valence-electron chi connectivity index (χ4n) is 1.93. The Morgan fingerprint density at radius 2 is 2.00 bits per heavy atom. The smallest absolute Gasteiger partial charge is 0.312 e. The zero-order chi connectivity index (χ0) is 13.0. The first-order chi connectivity index (χ1) is 8.06. The third-order valence-electron chi connectivity index (χ3n) is 2.93. The van der Waals surface area contributed by atoms with Gasteiger partial charge in [0, 0.05) is 19.6 Å². The molecule has 0 bridgehead atoms. The van der Waals surface area contributed by atoms with Gasteiger partial charge in [-0.05, 0) is 13.3 Å². The van der Waals surface area contributed by atoms with Gasteiger partial charge in [0.05, 0.1) is 0 Å². The molecule has 1 aliphatic heterocycles. The summed E-state index contributed by atoms with van der Waals surface area (Å²) in [5.74, 6) is 3.43. The van der Waals surface area contributed by atoms with Crippen molar-refractivity contribution in [3.8, 4) is 0 Å². The van der Waals surface area contributed by atoms with Crippen LogP contribution in [0.1, 0.15) is 20.3 Å². The number of carbonyl (C=O) groups excluding carboxylic acids is 3. The monoisotopic (exact) mass is 242 g/mol. The molecule has 1 atom stereocenters. The van der Waals surface area contributed by atoms with Crippen LogP contribution >= 0.6 is 0 Å². The standard InChI is InChI=1S/C10H18N4O3/c1-3-7(8(15)12-11)14-6-5-13(4-2)9(16)10(14)17/h7H,3-6,11H2,1-2H3,(H,12,15). The van der Waals surface area contributed by atoms with Gasteiger partial charge in [0.2, 0.25) is 0 Å². The van der Waals surface area contributed by atoms with Gasteiger partial charge in [-0.1, -0.05) is 6.92 Å². The first-order valence-corrected chi connectivity index (χ1v) is 5.67. The van der Waals surface area contributed by atoms with E-state index in [2.05, 4.69) is 0 Å². The van der Waals surface area contributed by atoms with Crippen molar-refractivity contribution in [1.82, 2.24) is 15.2 Å². The van der Waals surface area contributed by atoms with Gasteiger partial charge in [-0.3, -0.25) is 19.8 Å². The second kappa shape index (κ2) is 5.62. The van der Waals surface area contributed by atoms with E-state index in [9.17, 15) is 14.4 Å². The van der Waals surface area contributed by atoms with Crippen molar-refractivity contribution in [3.05, 3.63) is 0 Å². The molecule has 7 heteroatoms. The Morgan fingerprint density at radius 3 is 2.47 bits per heavy atom. The summed E-state index contributed by atoms with van der Waals surface area (Å²) in [4.78, 5) is 37.7. The number of likely N-dealkylation sites (N-methyl/N-ethyl adjacent to an activating group) is 1. The topological polar surface area (TPSA) is 95.7 Å². The molecule has 1 aliphatic rings. The number of nitrogens with zero attached hydrogens (tertiary/aromatic N) is 2. The summed E-state index contributed by atoms with van der Waals surface area (Å²) in [6.45, 7) is 4.90. The van der Waals surface area contributed by atoms with E-state index in [0.717, 1.165) is 0 Å². The molecular weight excluding hydrogens is 224 g/mol. The minimum absolute atomic E-state index is 0.365. The number of amides is 3. The molecule has 0 saturated carbocycles. The number of rotatable bonds is 4. The van der Waals surface area contributed by atoms with Crippen molar-refractivity contribution in [2.75, 3.05) is 19.6 Å². The molecule has 1 rings (SSSR count). The van der Waals surface area contributed by atoms with E-state index in [-0.39, 0.29) is 0 Å². The van der Waals surface area contributed by atoms with E-state index in [1.165, 1.54) is 9.80 Å². The fourth-order valence-corrected chi connectivity index (χ4v) is 1.93. The van der Waals surface area contributed by atoms with Crippen LogP contribution in [-0.4, -0.2) is 53.2 Å². The van der Waals surface area contributed by atoms with Gasteiger partial charge in [0.25, 0.3) is 5.91 Å². The molecule has 0 aliphatic carbocycles. The summed E-state index contributed by atoms with van der Waals surface area (Å²) in [5.41, 5.74) is 2.02. The third-order valence-corrected chi connectivity index (χ3v) is 2.93. The van der Waals surface area contributed by atoms with Crippen molar-refractivity contribution in [2.24, 2.45) is 5.84 Å². The van der Waals surface area contributed by atoms with E-state index < -0.39 is 23.8 Å². The van der Waals surface area contributed by atoms with Crippen molar-refractivity contribution in [1.29, 1.82) is 0 Å². The summed E-state index contributed by atoms with van der Waals surface area (Å²) in [6, 6.07) is -0.671. The molecule has 0 aromatic carbocycles. The Kier molecular flexibility index (Phi) is 4.45. The highest BCUT2D eigenvalue weighted by atomic mass is 16.2. The zero-order valence-corrected chi connectivity index (χ0v) is 10.1. The number of hydrazine groups is 1. The minimum Gasteiger partial charge on any atom is -0.333 e. The molecule has 3 amide bonds. The van der Waals surface area contributed by atoms with Crippen LogP contribution in [0.3, 0.4) is 0 Å². The summed E-state index contributed by atoms with van der Waals surface area (Å²) in [5, 5.41) is 0. The Hall–Kier alpha value is -1.63. The van der Waals surface area contributed by atoms with Crippen molar-refractivity contribution < 1.29 is 14.4 Å². The molecule has 1 saturated heterocycles. The summed E-state index contributed by atoms with van der Waals surface area (Å²) >= 11 is 0. The predicted octanol–water partition coefficient (Wildman–Crippen LogP) is -1.55. The molecular formula is C10H18N4O3. The van der Waals surface area contributed by atoms with Crippen LogP contribution in [0, 0.1) is 0 Å². The molecule has 0 spiro atoms. The lowest BCUT2D eigenvalue weighted by Crippen LogP contribution is -2.60. The van der Waals surface area contributed by atoms with E-state index in [1.807, 2.05) is 12.3 Å². The maximum Gasteiger partial charge on any atom is 0.312 e. The van der Waals surface area contributed by atoms with E-state index in [0.29, 0.717) is 26.1 Å². The first-order valence-electron chi connectivity index (χ1n) is 5.67. The number of nitrogens with two attached hydrogens (primary N) is 1. The van der Waals surface area contributed by atoms with Gasteiger partial charge in [0.15, 0.2) is 0 Å². The van der Waals surface area contributed by atoms with E-state index >= 15 is 0 Å². The number of hydrogen-bond donors (Lipinski definition) is 2. The highest BCUT2D eigenvalue weighted by Crippen LogP contribution is 2.11. The Balaban J connectivity index is 2.82. The molecule has 3 N–H and O–H groups in total. The molecule has 17 heavy (non-hydrogen) atoms. The molecule has 7 nitrogen and oxygen atoms in total. The van der Waals surface area contributed by atoms with Crippen LogP contribution in [0.2, 0.25) is 0 Å². The highest BCUT2D eigenvalue weighted by molar-refractivity contribution is 6.35. The molecule has 0 aromatic rings. The lowest BCUT2D eigenvalue weighted by Gasteiger charge is -2.36. The van der Waals surface area contributed by atoms with Crippen molar-refractivity contribution >= 4 is 17.7 Å². The Labute approximate surface area is 99.9 Å². The first kappa shape index (κ1) is 13.4. The Morgan fingerprint density at radius 1 is 1.35 bits per heavy atom. The third kappa shape index (κ3) is 2.55.